The molecule has 1 unspecified atom stereocenters. The number of ether oxygens (including phenoxy) is 1. The monoisotopic (exact) mass is 296 g/mol. The van der Waals surface area contributed by atoms with Crippen molar-refractivity contribution in [3.63, 3.8) is 0 Å². The fraction of sp³-hybridized carbons (Fsp3) is 0.263. The van der Waals surface area contributed by atoms with Crippen molar-refractivity contribution in [1.29, 1.82) is 0 Å². The van der Waals surface area contributed by atoms with Crippen molar-refractivity contribution in [3.05, 3.63) is 71.8 Å². The van der Waals surface area contributed by atoms with Gasteiger partial charge >= 0.3 is 5.97 Å². The van der Waals surface area contributed by atoms with Crippen molar-refractivity contribution in [3.8, 4) is 0 Å². The molecule has 2 aromatic carbocycles. The van der Waals surface area contributed by atoms with Crippen LogP contribution in [0.4, 0.5) is 0 Å². The third-order valence-electron chi connectivity index (χ3n) is 3.10. The Morgan fingerprint density at radius 3 is 1.86 bits per heavy atom. The average Bonchev–Trinajstić information content (AvgIpc) is 2.47. The zero-order valence-electron chi connectivity index (χ0n) is 13.1. The number of hydrogen-bond donors (Lipinski definition) is 0. The number of hydrogen-bond acceptors (Lipinski definition) is 3. The molecular weight excluding hydrogens is 276 g/mol. The van der Waals surface area contributed by atoms with Crippen LogP contribution in [0, 0.1) is 0 Å². The first-order valence-corrected chi connectivity index (χ1v) is 7.25. The molecule has 0 heterocycles. The van der Waals surface area contributed by atoms with Gasteiger partial charge < -0.3 is 4.74 Å². The molecule has 0 spiro atoms. The lowest BCUT2D eigenvalue weighted by atomic mass is 9.90. The fourth-order valence-corrected chi connectivity index (χ4v) is 2.17. The van der Waals surface area contributed by atoms with E-state index in [-0.39, 0.29) is 5.78 Å². The van der Waals surface area contributed by atoms with Crippen LogP contribution in [-0.4, -0.2) is 17.4 Å². The first-order valence-electron chi connectivity index (χ1n) is 7.25. The molecule has 22 heavy (non-hydrogen) atoms. The molecule has 0 saturated heterocycles. The summed E-state index contributed by atoms with van der Waals surface area (Å²) in [4.78, 5) is 25.3. The Labute approximate surface area is 130 Å². The van der Waals surface area contributed by atoms with Crippen LogP contribution in [0.25, 0.3) is 0 Å². The Morgan fingerprint density at radius 1 is 0.864 bits per heavy atom. The Balaban J connectivity index is 2.38. The molecule has 114 valence electrons. The summed E-state index contributed by atoms with van der Waals surface area (Å²) in [6.07, 6.45) is 0. The van der Waals surface area contributed by atoms with E-state index in [1.54, 1.807) is 57.2 Å². The van der Waals surface area contributed by atoms with Gasteiger partial charge in [0.1, 0.15) is 11.5 Å². The van der Waals surface area contributed by atoms with E-state index in [9.17, 15) is 9.59 Å². The normalized spacial score (nSPS) is 12.5. The van der Waals surface area contributed by atoms with Crippen molar-refractivity contribution in [2.45, 2.75) is 32.3 Å². The summed E-state index contributed by atoms with van der Waals surface area (Å²) in [5, 5.41) is 0. The summed E-state index contributed by atoms with van der Waals surface area (Å²) in [5.41, 5.74) is 0.508. The van der Waals surface area contributed by atoms with E-state index >= 15 is 0 Å². The van der Waals surface area contributed by atoms with Crippen LogP contribution >= 0.6 is 0 Å². The fourth-order valence-electron chi connectivity index (χ4n) is 2.17. The van der Waals surface area contributed by atoms with Gasteiger partial charge in [0.25, 0.3) is 0 Å². The van der Waals surface area contributed by atoms with E-state index in [1.165, 1.54) is 0 Å². The van der Waals surface area contributed by atoms with Crippen molar-refractivity contribution in [2.24, 2.45) is 0 Å². The summed E-state index contributed by atoms with van der Waals surface area (Å²) in [6.45, 7) is 5.37. The topological polar surface area (TPSA) is 43.4 Å². The molecule has 3 nitrogen and oxygen atoms in total. The number of Topliss-reactive ketones (excluding diaryl/α,β-unsaturated/α-hetero) is 1. The molecule has 2 aromatic rings. The van der Waals surface area contributed by atoms with Crippen molar-refractivity contribution >= 4 is 11.8 Å². The second-order valence-corrected chi connectivity index (χ2v) is 6.11. The molecular formula is C19H20O3. The Kier molecular flexibility index (Phi) is 4.76. The number of carbonyl (C=O) groups is 2. The van der Waals surface area contributed by atoms with Crippen LogP contribution in [0.1, 0.15) is 42.6 Å². The quantitative estimate of drug-likeness (QED) is 0.486. The molecule has 2 rings (SSSR count). The number of ketones is 1. The van der Waals surface area contributed by atoms with Crippen LogP contribution in [-0.2, 0) is 9.53 Å². The average molecular weight is 296 g/mol. The van der Waals surface area contributed by atoms with Crippen LogP contribution in [0.5, 0.6) is 0 Å². The third-order valence-corrected chi connectivity index (χ3v) is 3.10. The number of rotatable bonds is 4. The largest absolute Gasteiger partial charge is 0.459 e. The summed E-state index contributed by atoms with van der Waals surface area (Å²) in [7, 11) is 0. The highest BCUT2D eigenvalue weighted by Gasteiger charge is 2.33. The van der Waals surface area contributed by atoms with Gasteiger partial charge in [0.2, 0.25) is 0 Å². The van der Waals surface area contributed by atoms with Gasteiger partial charge in [0.05, 0.1) is 0 Å². The maximum absolute atomic E-state index is 12.8. The van der Waals surface area contributed by atoms with E-state index in [2.05, 4.69) is 0 Å². The lowest BCUT2D eigenvalue weighted by Gasteiger charge is -2.23. The molecule has 0 N–H and O–H groups in total. The number of esters is 1. The van der Waals surface area contributed by atoms with Gasteiger partial charge in [-0.25, -0.2) is 0 Å². The van der Waals surface area contributed by atoms with Crippen LogP contribution in [0.3, 0.4) is 0 Å². The molecule has 0 aliphatic carbocycles. The Hall–Kier alpha value is -2.42. The van der Waals surface area contributed by atoms with Gasteiger partial charge in [0.15, 0.2) is 5.78 Å². The van der Waals surface area contributed by atoms with Gasteiger partial charge in [-0.3, -0.25) is 9.59 Å². The van der Waals surface area contributed by atoms with E-state index in [0.717, 1.165) is 0 Å². The third kappa shape index (κ3) is 4.04. The smallest absolute Gasteiger partial charge is 0.321 e. The van der Waals surface area contributed by atoms with Gasteiger partial charge in [-0.2, -0.15) is 0 Å². The molecule has 0 aliphatic rings. The van der Waals surface area contributed by atoms with E-state index in [0.29, 0.717) is 11.1 Å². The van der Waals surface area contributed by atoms with Gasteiger partial charge in [-0.15, -0.1) is 0 Å². The maximum atomic E-state index is 12.8. The molecule has 0 radical (unpaired) electrons. The predicted molar refractivity (Wildman–Crippen MR) is 85.8 cm³/mol. The Morgan fingerprint density at radius 2 is 1.36 bits per heavy atom. The van der Waals surface area contributed by atoms with Crippen LogP contribution in [0.15, 0.2) is 60.7 Å². The summed E-state index contributed by atoms with van der Waals surface area (Å²) >= 11 is 0. The van der Waals surface area contributed by atoms with Crippen molar-refractivity contribution < 1.29 is 14.3 Å². The lowest BCUT2D eigenvalue weighted by molar-refractivity contribution is -0.155. The second-order valence-electron chi connectivity index (χ2n) is 6.11. The molecule has 0 fully saturated rings. The predicted octanol–water partition coefficient (Wildman–Crippen LogP) is 3.99. The lowest BCUT2D eigenvalue weighted by Crippen LogP contribution is -2.31. The van der Waals surface area contributed by atoms with E-state index in [1.807, 2.05) is 24.3 Å². The molecule has 3 heteroatoms. The highest BCUT2D eigenvalue weighted by molar-refractivity contribution is 6.13. The molecule has 1 atom stereocenters. The van der Waals surface area contributed by atoms with Crippen LogP contribution in [0.2, 0.25) is 0 Å². The summed E-state index contributed by atoms with van der Waals surface area (Å²) in [5.74, 6) is -1.71. The highest BCUT2D eigenvalue weighted by Crippen LogP contribution is 2.25. The maximum Gasteiger partial charge on any atom is 0.321 e. The SMILES string of the molecule is CC(C)(C)OC(=O)C(C(=O)c1ccccc1)c1ccccc1. The molecule has 0 aromatic heterocycles. The molecule has 0 amide bonds. The zero-order chi connectivity index (χ0) is 16.2. The highest BCUT2D eigenvalue weighted by atomic mass is 16.6. The van der Waals surface area contributed by atoms with E-state index < -0.39 is 17.5 Å². The minimum atomic E-state index is -0.942. The van der Waals surface area contributed by atoms with Gasteiger partial charge in [-0.05, 0) is 26.3 Å². The minimum absolute atomic E-state index is 0.249. The number of carbonyl (C=O) groups excluding carboxylic acids is 2. The zero-order valence-corrected chi connectivity index (χ0v) is 13.1. The van der Waals surface area contributed by atoms with Gasteiger partial charge in [0, 0.05) is 5.56 Å². The summed E-state index contributed by atoms with van der Waals surface area (Å²) < 4.78 is 5.44. The molecule has 0 saturated carbocycles. The Bertz CT molecular complexity index is 639. The second kappa shape index (κ2) is 6.56. The number of benzene rings is 2. The first-order chi connectivity index (χ1) is 10.4. The first kappa shape index (κ1) is 16.0. The van der Waals surface area contributed by atoms with Crippen molar-refractivity contribution in [1.82, 2.24) is 0 Å². The molecule has 0 aliphatic heterocycles. The van der Waals surface area contributed by atoms with Crippen molar-refractivity contribution in [2.75, 3.05) is 0 Å². The molecule has 0 bridgehead atoms. The standard InChI is InChI=1S/C19H20O3/c1-19(2,3)22-18(21)16(14-10-6-4-7-11-14)17(20)15-12-8-5-9-13-15/h4-13,16H,1-3H3. The minimum Gasteiger partial charge on any atom is -0.459 e. The summed E-state index contributed by atoms with van der Waals surface area (Å²) in [6, 6.07) is 17.8. The van der Waals surface area contributed by atoms with E-state index in [4.69, 9.17) is 4.74 Å². The van der Waals surface area contributed by atoms with Gasteiger partial charge in [-0.1, -0.05) is 60.7 Å². The van der Waals surface area contributed by atoms with Crippen LogP contribution < -0.4 is 0 Å².